The second-order valence-electron chi connectivity index (χ2n) is 7.10. The highest BCUT2D eigenvalue weighted by atomic mass is 16.5. The fourth-order valence-corrected chi connectivity index (χ4v) is 3.28. The van der Waals surface area contributed by atoms with Crippen LogP contribution >= 0.6 is 0 Å². The molecule has 1 saturated heterocycles. The second kappa shape index (κ2) is 7.44. The fraction of sp³-hybridized carbons (Fsp3) is 0.350. The van der Waals surface area contributed by atoms with Crippen LogP contribution < -0.4 is 15.4 Å². The molecule has 2 N–H and O–H groups in total. The topological polar surface area (TPSA) is 82.9 Å². The first-order valence-corrected chi connectivity index (χ1v) is 8.61. The van der Waals surface area contributed by atoms with Crippen LogP contribution in [0.4, 0.5) is 5.95 Å². The zero-order valence-electron chi connectivity index (χ0n) is 15.1. The van der Waals surface area contributed by atoms with Gasteiger partial charge in [-0.05, 0) is 50.6 Å². The van der Waals surface area contributed by atoms with Crippen LogP contribution in [-0.2, 0) is 0 Å². The predicted molar refractivity (Wildman–Crippen MR) is 102 cm³/mol. The number of benzene rings is 1. The van der Waals surface area contributed by atoms with Crippen molar-refractivity contribution in [2.75, 3.05) is 11.9 Å². The van der Waals surface area contributed by atoms with E-state index in [0.29, 0.717) is 11.7 Å². The first-order chi connectivity index (χ1) is 12.4. The maximum atomic E-state index is 8.57. The largest absolute Gasteiger partial charge is 0.479 e. The van der Waals surface area contributed by atoms with Crippen LogP contribution in [0.2, 0.25) is 0 Å². The third-order valence-electron chi connectivity index (χ3n) is 4.21. The maximum Gasteiger partial charge on any atom is 0.223 e. The lowest BCUT2D eigenvalue weighted by Crippen LogP contribution is -2.48. The molecule has 2 aromatic rings. The molecule has 1 aromatic heterocycles. The Hall–Kier alpha value is -3.07. The summed E-state index contributed by atoms with van der Waals surface area (Å²) >= 11 is 0. The second-order valence-corrected chi connectivity index (χ2v) is 7.10. The number of nitrogens with one attached hydrogen (secondary N) is 2. The summed E-state index contributed by atoms with van der Waals surface area (Å²) < 4.78 is 5.28. The molecule has 1 aliphatic heterocycles. The minimum atomic E-state index is 0.00384. The molecule has 1 fully saturated rings. The first kappa shape index (κ1) is 17.7. The molecule has 0 amide bonds. The van der Waals surface area contributed by atoms with Gasteiger partial charge < -0.3 is 15.4 Å². The van der Waals surface area contributed by atoms with E-state index in [9.17, 15) is 0 Å². The van der Waals surface area contributed by atoms with Crippen molar-refractivity contribution in [3.05, 3.63) is 48.8 Å². The third-order valence-corrected chi connectivity index (χ3v) is 4.21. The summed E-state index contributed by atoms with van der Waals surface area (Å²) in [6.07, 6.45) is 3.57. The number of aromatic nitrogens is 2. The highest BCUT2D eigenvalue weighted by Crippen LogP contribution is 2.26. The Morgan fingerprint density at radius 2 is 2.12 bits per heavy atom. The average molecular weight is 349 g/mol. The van der Waals surface area contributed by atoms with Crippen molar-refractivity contribution in [1.29, 1.82) is 5.26 Å². The van der Waals surface area contributed by atoms with Crippen LogP contribution in [0.3, 0.4) is 0 Å². The molecule has 134 valence electrons. The van der Waals surface area contributed by atoms with Crippen LogP contribution in [0.1, 0.15) is 26.7 Å². The van der Waals surface area contributed by atoms with E-state index >= 15 is 0 Å². The Balaban J connectivity index is 1.72. The first-order valence-electron chi connectivity index (χ1n) is 8.61. The summed E-state index contributed by atoms with van der Waals surface area (Å²) in [6, 6.07) is 11.6. The summed E-state index contributed by atoms with van der Waals surface area (Å²) in [6.45, 7) is 8.44. The van der Waals surface area contributed by atoms with Gasteiger partial charge in [0.15, 0.2) is 6.61 Å². The van der Waals surface area contributed by atoms with Gasteiger partial charge in [-0.25, -0.2) is 9.97 Å². The summed E-state index contributed by atoms with van der Waals surface area (Å²) in [5.74, 6) is 1.28. The molecular formula is C20H23N5O. The number of nitrogens with zero attached hydrogens (tertiary/aromatic N) is 3. The minimum absolute atomic E-state index is 0.00384. The zero-order chi connectivity index (χ0) is 18.6. The van der Waals surface area contributed by atoms with Gasteiger partial charge in [0, 0.05) is 35.5 Å². The van der Waals surface area contributed by atoms with Gasteiger partial charge in [0.05, 0.1) is 5.69 Å². The van der Waals surface area contributed by atoms with Gasteiger partial charge in [0.25, 0.3) is 0 Å². The summed E-state index contributed by atoms with van der Waals surface area (Å²) in [5, 5.41) is 15.4. The van der Waals surface area contributed by atoms with Gasteiger partial charge in [-0.2, -0.15) is 5.26 Å². The number of rotatable bonds is 5. The molecule has 1 unspecified atom stereocenters. The zero-order valence-corrected chi connectivity index (χ0v) is 15.1. The van der Waals surface area contributed by atoms with Crippen molar-refractivity contribution in [1.82, 2.24) is 15.3 Å². The minimum Gasteiger partial charge on any atom is -0.479 e. The molecule has 0 spiro atoms. The Bertz CT molecular complexity index is 823. The molecule has 2 heterocycles. The summed E-state index contributed by atoms with van der Waals surface area (Å²) in [4.78, 5) is 8.99. The van der Waals surface area contributed by atoms with Crippen LogP contribution in [0.5, 0.6) is 5.75 Å². The summed E-state index contributed by atoms with van der Waals surface area (Å²) in [5.41, 5.74) is 2.84. The van der Waals surface area contributed by atoms with Crippen molar-refractivity contribution in [2.24, 2.45) is 0 Å². The number of hydrogen-bond donors (Lipinski definition) is 2. The third kappa shape index (κ3) is 4.51. The van der Waals surface area contributed by atoms with Crippen LogP contribution in [-0.4, -0.2) is 28.2 Å². The van der Waals surface area contributed by atoms with Crippen LogP contribution in [0.15, 0.2) is 48.8 Å². The van der Waals surface area contributed by atoms with Gasteiger partial charge in [0.2, 0.25) is 5.95 Å². The highest BCUT2D eigenvalue weighted by molar-refractivity contribution is 5.61. The van der Waals surface area contributed by atoms with Gasteiger partial charge in [-0.3, -0.25) is 0 Å². The maximum absolute atomic E-state index is 8.57. The molecule has 0 saturated carbocycles. The molecule has 1 aliphatic rings. The smallest absolute Gasteiger partial charge is 0.223 e. The van der Waals surface area contributed by atoms with Crippen molar-refractivity contribution >= 4 is 5.95 Å². The van der Waals surface area contributed by atoms with E-state index in [1.54, 1.807) is 6.20 Å². The monoisotopic (exact) mass is 349 g/mol. The van der Waals surface area contributed by atoms with Gasteiger partial charge in [0.1, 0.15) is 11.8 Å². The molecule has 3 rings (SSSR count). The molecule has 0 aliphatic carbocycles. The fourth-order valence-electron chi connectivity index (χ4n) is 3.28. The van der Waals surface area contributed by atoms with Gasteiger partial charge >= 0.3 is 0 Å². The molecule has 0 radical (unpaired) electrons. The average Bonchev–Trinajstić information content (AvgIpc) is 2.59. The van der Waals surface area contributed by atoms with E-state index in [2.05, 4.69) is 41.0 Å². The molecule has 26 heavy (non-hydrogen) atoms. The Kier molecular flexibility index (Phi) is 5.08. The van der Waals surface area contributed by atoms with Crippen molar-refractivity contribution < 1.29 is 4.74 Å². The SMILES string of the molecule is C=C1CC(Nc2nccc(-c3ccc(OCC#N)cc3)n2)CC(C)(C)N1. The van der Waals surface area contributed by atoms with E-state index in [1.807, 2.05) is 36.4 Å². The van der Waals surface area contributed by atoms with Crippen molar-refractivity contribution in [2.45, 2.75) is 38.3 Å². The van der Waals surface area contributed by atoms with Crippen molar-refractivity contribution in [3.8, 4) is 23.1 Å². The molecule has 1 aromatic carbocycles. The molecule has 0 bridgehead atoms. The lowest BCUT2D eigenvalue weighted by Gasteiger charge is -2.38. The van der Waals surface area contributed by atoms with E-state index in [4.69, 9.17) is 10.00 Å². The Morgan fingerprint density at radius 1 is 1.35 bits per heavy atom. The molecular weight excluding hydrogens is 326 g/mol. The van der Waals surface area contributed by atoms with Crippen LogP contribution in [0, 0.1) is 11.3 Å². The predicted octanol–water partition coefficient (Wildman–Crippen LogP) is 3.50. The standard InChI is InChI=1S/C20H23N5O/c1-14-12-16(13-20(2,3)25-14)23-19-22-10-8-18(24-19)15-4-6-17(7-5-15)26-11-9-21/h4-8,10,16,25H,1,11-13H2,2-3H3,(H,22,23,24). The normalized spacial score (nSPS) is 18.5. The number of hydrogen-bond acceptors (Lipinski definition) is 6. The quantitative estimate of drug-likeness (QED) is 0.859. The van der Waals surface area contributed by atoms with Crippen LogP contribution in [0.25, 0.3) is 11.3 Å². The molecule has 1 atom stereocenters. The Labute approximate surface area is 153 Å². The van der Waals surface area contributed by atoms with E-state index < -0.39 is 0 Å². The van der Waals surface area contributed by atoms with Gasteiger partial charge in [-0.1, -0.05) is 6.58 Å². The number of ether oxygens (including phenoxy) is 1. The van der Waals surface area contributed by atoms with E-state index in [0.717, 1.165) is 29.8 Å². The van der Waals surface area contributed by atoms with Gasteiger partial charge in [-0.15, -0.1) is 0 Å². The Morgan fingerprint density at radius 3 is 2.81 bits per heavy atom. The van der Waals surface area contributed by atoms with E-state index in [-0.39, 0.29) is 18.2 Å². The molecule has 6 heteroatoms. The summed E-state index contributed by atoms with van der Waals surface area (Å²) in [7, 11) is 0. The number of nitriles is 1. The number of piperidine rings is 1. The lowest BCUT2D eigenvalue weighted by atomic mass is 9.88. The number of anilines is 1. The lowest BCUT2D eigenvalue weighted by molar-refractivity contribution is 0.324. The molecule has 6 nitrogen and oxygen atoms in total. The highest BCUT2D eigenvalue weighted by Gasteiger charge is 2.29. The van der Waals surface area contributed by atoms with E-state index in [1.165, 1.54) is 0 Å². The van der Waals surface area contributed by atoms with Crippen molar-refractivity contribution in [3.63, 3.8) is 0 Å².